The Bertz CT molecular complexity index is 178. The van der Waals surface area contributed by atoms with Gasteiger partial charge in [-0.25, -0.2) is 0 Å². The van der Waals surface area contributed by atoms with Gasteiger partial charge in [0.05, 0.1) is 12.2 Å². The van der Waals surface area contributed by atoms with E-state index >= 15 is 0 Å². The summed E-state index contributed by atoms with van der Waals surface area (Å²) in [6.07, 6.45) is -0.699. The van der Waals surface area contributed by atoms with E-state index in [-0.39, 0.29) is 59.2 Å². The van der Waals surface area contributed by atoms with Crippen LogP contribution in [-0.4, -0.2) is 61.9 Å². The SMILES string of the molecule is CC(C)OC(=O)CC(=O)OC(C)C.[Ca+2].[H-].[H-]. The maximum Gasteiger partial charge on any atom is 2.00 e. The number of ether oxygens (including phenoxy) is 2. The summed E-state index contributed by atoms with van der Waals surface area (Å²) in [6, 6.07) is 0. The van der Waals surface area contributed by atoms with Gasteiger partial charge in [0, 0.05) is 0 Å². The summed E-state index contributed by atoms with van der Waals surface area (Å²) in [7, 11) is 0. The molecule has 0 aromatic heterocycles. The molecule has 0 aromatic carbocycles. The van der Waals surface area contributed by atoms with Crippen LogP contribution in [-0.2, 0) is 19.1 Å². The first-order chi connectivity index (χ1) is 5.91. The zero-order valence-electron chi connectivity index (χ0n) is 11.2. The fourth-order valence-electron chi connectivity index (χ4n) is 0.727. The number of esters is 2. The zero-order valence-corrected chi connectivity index (χ0v) is 11.4. The van der Waals surface area contributed by atoms with E-state index in [1.165, 1.54) is 0 Å². The summed E-state index contributed by atoms with van der Waals surface area (Å²) in [5.41, 5.74) is 0. The first-order valence-electron chi connectivity index (χ1n) is 4.30. The third-order valence-corrected chi connectivity index (χ3v) is 1.02. The molecule has 0 amide bonds. The van der Waals surface area contributed by atoms with Gasteiger partial charge in [0.15, 0.2) is 0 Å². The van der Waals surface area contributed by atoms with Crippen LogP contribution >= 0.6 is 0 Å². The molecule has 0 aliphatic rings. The molecule has 5 heteroatoms. The average molecular weight is 230 g/mol. The first kappa shape index (κ1) is 16.6. The fraction of sp³-hybridized carbons (Fsp3) is 0.778. The van der Waals surface area contributed by atoms with Gasteiger partial charge in [-0.1, -0.05) is 0 Å². The maximum atomic E-state index is 10.9. The molecule has 0 spiro atoms. The van der Waals surface area contributed by atoms with Gasteiger partial charge in [-0.05, 0) is 27.7 Å². The van der Waals surface area contributed by atoms with E-state index in [9.17, 15) is 9.59 Å². The predicted molar refractivity (Wildman–Crippen MR) is 55.1 cm³/mol. The van der Waals surface area contributed by atoms with Gasteiger partial charge in [-0.3, -0.25) is 9.59 Å². The smallest absolute Gasteiger partial charge is 1.00 e. The van der Waals surface area contributed by atoms with Crippen LogP contribution in [0.3, 0.4) is 0 Å². The normalized spacial score (nSPS) is 9.57. The van der Waals surface area contributed by atoms with Crippen LogP contribution in [0.2, 0.25) is 0 Å². The van der Waals surface area contributed by atoms with Gasteiger partial charge in [-0.2, -0.15) is 0 Å². The summed E-state index contributed by atoms with van der Waals surface area (Å²) in [6.45, 7) is 6.91. The topological polar surface area (TPSA) is 52.6 Å². The van der Waals surface area contributed by atoms with E-state index in [1.807, 2.05) is 0 Å². The number of carbonyl (C=O) groups excluding carboxylic acids is 2. The van der Waals surface area contributed by atoms with Gasteiger partial charge in [0.1, 0.15) is 6.42 Å². The van der Waals surface area contributed by atoms with E-state index in [1.54, 1.807) is 27.7 Å². The summed E-state index contributed by atoms with van der Waals surface area (Å²) < 4.78 is 9.53. The van der Waals surface area contributed by atoms with E-state index < -0.39 is 11.9 Å². The molecule has 0 unspecified atom stereocenters. The molecule has 0 rings (SSSR count). The third-order valence-electron chi connectivity index (χ3n) is 1.02. The molecule has 0 saturated carbocycles. The van der Waals surface area contributed by atoms with E-state index in [0.717, 1.165) is 0 Å². The van der Waals surface area contributed by atoms with Crippen molar-refractivity contribution in [1.82, 2.24) is 0 Å². The third kappa shape index (κ3) is 10.3. The number of carbonyl (C=O) groups is 2. The van der Waals surface area contributed by atoms with Crippen molar-refractivity contribution in [1.29, 1.82) is 0 Å². The minimum absolute atomic E-state index is 0. The molecule has 0 aliphatic heterocycles. The van der Waals surface area contributed by atoms with Crippen molar-refractivity contribution in [2.75, 3.05) is 0 Å². The minimum Gasteiger partial charge on any atom is -1.00 e. The number of hydrogen-bond donors (Lipinski definition) is 0. The maximum absolute atomic E-state index is 10.9. The van der Waals surface area contributed by atoms with Crippen molar-refractivity contribution < 1.29 is 21.9 Å². The number of rotatable bonds is 4. The van der Waals surface area contributed by atoms with Crippen molar-refractivity contribution in [2.24, 2.45) is 0 Å². The van der Waals surface area contributed by atoms with Gasteiger partial charge in [0.25, 0.3) is 0 Å². The Balaban J connectivity index is -0.000000240. The Morgan fingerprint density at radius 2 is 1.29 bits per heavy atom. The second-order valence-electron chi connectivity index (χ2n) is 3.25. The molecule has 0 radical (unpaired) electrons. The molecule has 0 aromatic rings. The average Bonchev–Trinajstić information content (AvgIpc) is 1.80. The summed E-state index contributed by atoms with van der Waals surface area (Å²) >= 11 is 0. The van der Waals surface area contributed by atoms with Crippen LogP contribution in [0.15, 0.2) is 0 Å². The Morgan fingerprint density at radius 3 is 1.50 bits per heavy atom. The van der Waals surface area contributed by atoms with Crippen molar-refractivity contribution in [3.63, 3.8) is 0 Å². The zero-order chi connectivity index (χ0) is 10.4. The van der Waals surface area contributed by atoms with Gasteiger partial charge in [0.2, 0.25) is 0 Å². The predicted octanol–water partition coefficient (Wildman–Crippen LogP) is 1.12. The molecule has 0 atom stereocenters. The van der Waals surface area contributed by atoms with Crippen LogP contribution in [0.25, 0.3) is 0 Å². The van der Waals surface area contributed by atoms with Gasteiger partial charge in [-0.15, -0.1) is 0 Å². The van der Waals surface area contributed by atoms with Crippen molar-refractivity contribution >= 4 is 49.7 Å². The van der Waals surface area contributed by atoms with Crippen LogP contribution in [0, 0.1) is 0 Å². The molecule has 0 aliphatic carbocycles. The molecular formula is C9H18CaO4. The van der Waals surface area contributed by atoms with Gasteiger partial charge < -0.3 is 12.3 Å². The molecule has 0 saturated heterocycles. The monoisotopic (exact) mass is 230 g/mol. The Morgan fingerprint density at radius 1 is 1.00 bits per heavy atom. The summed E-state index contributed by atoms with van der Waals surface area (Å²) in [5.74, 6) is -1.08. The van der Waals surface area contributed by atoms with Crippen LogP contribution in [0.5, 0.6) is 0 Å². The Labute approximate surface area is 117 Å². The van der Waals surface area contributed by atoms with Crippen molar-refractivity contribution in [3.05, 3.63) is 0 Å². The van der Waals surface area contributed by atoms with Crippen molar-refractivity contribution in [2.45, 2.75) is 46.3 Å². The molecule has 80 valence electrons. The summed E-state index contributed by atoms with van der Waals surface area (Å²) in [5, 5.41) is 0. The number of hydrogen-bond acceptors (Lipinski definition) is 4. The largest absolute Gasteiger partial charge is 2.00 e. The molecule has 14 heavy (non-hydrogen) atoms. The Hall–Kier alpha value is 0.200. The molecule has 0 N–H and O–H groups in total. The standard InChI is InChI=1S/C9H16O4.Ca.2H/c1-6(2)12-8(10)5-9(11)13-7(3)4;;;/h6-7H,5H2,1-4H3;;;/q;+2;2*-1. The van der Waals surface area contributed by atoms with E-state index in [2.05, 4.69) is 0 Å². The van der Waals surface area contributed by atoms with E-state index in [0.29, 0.717) is 0 Å². The molecule has 0 fully saturated rings. The van der Waals surface area contributed by atoms with Crippen LogP contribution < -0.4 is 0 Å². The fourth-order valence-corrected chi connectivity index (χ4v) is 0.727. The van der Waals surface area contributed by atoms with Crippen LogP contribution in [0.4, 0.5) is 0 Å². The van der Waals surface area contributed by atoms with Crippen molar-refractivity contribution in [3.8, 4) is 0 Å². The van der Waals surface area contributed by atoms with Crippen LogP contribution in [0.1, 0.15) is 37.0 Å². The molecule has 0 bridgehead atoms. The molecular weight excluding hydrogens is 212 g/mol. The second kappa shape index (κ2) is 8.50. The van der Waals surface area contributed by atoms with Gasteiger partial charge >= 0.3 is 49.7 Å². The quantitative estimate of drug-likeness (QED) is 0.412. The molecule has 0 heterocycles. The Kier molecular flexibility index (Phi) is 10.1. The first-order valence-corrected chi connectivity index (χ1v) is 4.30. The summed E-state index contributed by atoms with van der Waals surface area (Å²) in [4.78, 5) is 21.8. The second-order valence-corrected chi connectivity index (χ2v) is 3.25. The molecule has 4 nitrogen and oxygen atoms in total. The minimum atomic E-state index is -0.541. The van der Waals surface area contributed by atoms with E-state index in [4.69, 9.17) is 9.47 Å².